The van der Waals surface area contributed by atoms with Crippen LogP contribution >= 0.6 is 11.6 Å². The molecule has 1 atom stereocenters. The molecule has 7 heteroatoms. The first-order valence-corrected chi connectivity index (χ1v) is 7.70. The molecule has 23 heavy (non-hydrogen) atoms. The summed E-state index contributed by atoms with van der Waals surface area (Å²) in [5.74, 6) is 0.736. The summed E-state index contributed by atoms with van der Waals surface area (Å²) in [6.07, 6.45) is 2.84. The molecule has 122 valence electrons. The third-order valence-electron chi connectivity index (χ3n) is 3.60. The van der Waals surface area contributed by atoms with Crippen LogP contribution in [-0.2, 0) is 4.74 Å². The minimum Gasteiger partial charge on any atom is -0.475 e. The number of hydrogen-bond acceptors (Lipinski definition) is 5. The van der Waals surface area contributed by atoms with Crippen LogP contribution in [0.2, 0.25) is 5.02 Å². The number of halogens is 1. The average molecular weight is 337 g/mol. The molecular weight excluding hydrogens is 320 g/mol. The van der Waals surface area contributed by atoms with Gasteiger partial charge in [0.05, 0.1) is 24.4 Å². The first-order chi connectivity index (χ1) is 11.1. The van der Waals surface area contributed by atoms with Gasteiger partial charge in [-0.15, -0.1) is 0 Å². The van der Waals surface area contributed by atoms with Crippen LogP contribution in [0.5, 0.6) is 5.88 Å². The van der Waals surface area contributed by atoms with Gasteiger partial charge in [0, 0.05) is 24.4 Å². The monoisotopic (exact) mass is 336 g/mol. The predicted octanol–water partition coefficient (Wildman–Crippen LogP) is 2.56. The summed E-state index contributed by atoms with van der Waals surface area (Å²) in [5.41, 5.74) is 0.833. The maximum absolute atomic E-state index is 12.4. The highest BCUT2D eigenvalue weighted by atomic mass is 35.5. The maximum Gasteiger partial charge on any atom is 0.289 e. The largest absolute Gasteiger partial charge is 0.475 e. The lowest BCUT2D eigenvalue weighted by Gasteiger charge is -2.32. The van der Waals surface area contributed by atoms with E-state index in [1.165, 1.54) is 12.5 Å². The fourth-order valence-electron chi connectivity index (χ4n) is 2.37. The Morgan fingerprint density at radius 1 is 1.48 bits per heavy atom. The molecule has 0 radical (unpaired) electrons. The van der Waals surface area contributed by atoms with Gasteiger partial charge < -0.3 is 18.8 Å². The van der Waals surface area contributed by atoms with Gasteiger partial charge in [0.15, 0.2) is 5.76 Å². The Morgan fingerprint density at radius 3 is 3.04 bits per heavy atom. The molecule has 0 aromatic carbocycles. The lowest BCUT2D eigenvalue weighted by molar-refractivity contribution is -0.0414. The van der Waals surface area contributed by atoms with E-state index in [2.05, 4.69) is 4.98 Å². The second-order valence-corrected chi connectivity index (χ2v) is 5.74. The molecule has 1 amide bonds. The molecule has 1 saturated heterocycles. The SMILES string of the molecule is Cc1ccoc1C(=O)N1CCOC(COc2ccc(Cl)cn2)C1. The Hall–Kier alpha value is -2.05. The summed E-state index contributed by atoms with van der Waals surface area (Å²) in [6, 6.07) is 5.18. The minimum absolute atomic E-state index is 0.120. The number of aryl methyl sites for hydroxylation is 1. The highest BCUT2D eigenvalue weighted by molar-refractivity contribution is 6.30. The predicted molar refractivity (Wildman–Crippen MR) is 83.8 cm³/mol. The van der Waals surface area contributed by atoms with Crippen LogP contribution in [-0.4, -0.2) is 48.2 Å². The zero-order valence-electron chi connectivity index (χ0n) is 12.7. The molecule has 3 heterocycles. The number of aromatic nitrogens is 1. The van der Waals surface area contributed by atoms with Crippen molar-refractivity contribution >= 4 is 17.5 Å². The third-order valence-corrected chi connectivity index (χ3v) is 3.82. The standard InChI is InChI=1S/C16H17ClN2O4/c1-11-4-6-22-15(11)16(20)19-5-7-21-13(9-19)10-23-14-3-2-12(17)8-18-14/h2-4,6,8,13H,5,7,9-10H2,1H3. The Balaban J connectivity index is 1.57. The van der Waals surface area contributed by atoms with Gasteiger partial charge in [-0.1, -0.05) is 11.6 Å². The van der Waals surface area contributed by atoms with Crippen LogP contribution < -0.4 is 4.74 Å². The van der Waals surface area contributed by atoms with E-state index in [9.17, 15) is 4.79 Å². The topological polar surface area (TPSA) is 64.8 Å². The molecule has 2 aromatic heterocycles. The lowest BCUT2D eigenvalue weighted by atomic mass is 10.2. The van der Waals surface area contributed by atoms with Crippen molar-refractivity contribution < 1.29 is 18.7 Å². The van der Waals surface area contributed by atoms with E-state index < -0.39 is 0 Å². The number of carbonyl (C=O) groups excluding carboxylic acids is 1. The molecule has 1 unspecified atom stereocenters. The number of hydrogen-bond donors (Lipinski definition) is 0. The lowest BCUT2D eigenvalue weighted by Crippen LogP contribution is -2.47. The summed E-state index contributed by atoms with van der Waals surface area (Å²) >= 11 is 5.78. The van der Waals surface area contributed by atoms with E-state index in [0.29, 0.717) is 43.0 Å². The van der Waals surface area contributed by atoms with Crippen molar-refractivity contribution in [3.63, 3.8) is 0 Å². The molecule has 0 N–H and O–H groups in total. The van der Waals surface area contributed by atoms with E-state index in [-0.39, 0.29) is 12.0 Å². The van der Waals surface area contributed by atoms with E-state index in [4.69, 9.17) is 25.5 Å². The molecule has 1 aliphatic rings. The summed E-state index contributed by atoms with van der Waals surface area (Å²) in [5, 5.41) is 0.553. The second-order valence-electron chi connectivity index (χ2n) is 5.30. The third kappa shape index (κ3) is 3.83. The zero-order valence-corrected chi connectivity index (χ0v) is 13.5. The van der Waals surface area contributed by atoms with Gasteiger partial charge in [-0.3, -0.25) is 4.79 Å². The van der Waals surface area contributed by atoms with Crippen molar-refractivity contribution in [3.8, 4) is 5.88 Å². The number of furan rings is 1. The highest BCUT2D eigenvalue weighted by Gasteiger charge is 2.27. The van der Waals surface area contributed by atoms with E-state index in [1.54, 1.807) is 23.1 Å². The van der Waals surface area contributed by atoms with Gasteiger partial charge in [0.25, 0.3) is 5.91 Å². The van der Waals surface area contributed by atoms with Crippen molar-refractivity contribution in [2.75, 3.05) is 26.3 Å². The van der Waals surface area contributed by atoms with Crippen LogP contribution in [0, 0.1) is 6.92 Å². The number of nitrogens with zero attached hydrogens (tertiary/aromatic N) is 2. The van der Waals surface area contributed by atoms with Gasteiger partial charge >= 0.3 is 0 Å². The second kappa shape index (κ2) is 7.02. The van der Waals surface area contributed by atoms with Crippen molar-refractivity contribution in [2.24, 2.45) is 0 Å². The Labute approximate surface area is 139 Å². The minimum atomic E-state index is -0.208. The van der Waals surface area contributed by atoms with Crippen LogP contribution in [0.25, 0.3) is 0 Å². The number of carbonyl (C=O) groups is 1. The average Bonchev–Trinajstić information content (AvgIpc) is 3.00. The Bertz CT molecular complexity index is 671. The molecule has 1 aliphatic heterocycles. The maximum atomic E-state index is 12.4. The summed E-state index contributed by atoms with van der Waals surface area (Å²) in [7, 11) is 0. The Morgan fingerprint density at radius 2 is 2.35 bits per heavy atom. The fraction of sp³-hybridized carbons (Fsp3) is 0.375. The van der Waals surface area contributed by atoms with Crippen molar-refractivity contribution in [2.45, 2.75) is 13.0 Å². The number of pyridine rings is 1. The van der Waals surface area contributed by atoms with Crippen LogP contribution in [0.1, 0.15) is 16.1 Å². The molecule has 3 rings (SSSR count). The normalized spacial score (nSPS) is 18.0. The number of rotatable bonds is 4. The molecular formula is C16H17ClN2O4. The quantitative estimate of drug-likeness (QED) is 0.858. The van der Waals surface area contributed by atoms with Crippen LogP contribution in [0.4, 0.5) is 0 Å². The van der Waals surface area contributed by atoms with E-state index in [0.717, 1.165) is 5.56 Å². The van der Waals surface area contributed by atoms with Gasteiger partial charge in [-0.2, -0.15) is 0 Å². The summed E-state index contributed by atoms with van der Waals surface area (Å²) < 4.78 is 16.5. The smallest absolute Gasteiger partial charge is 0.289 e. The van der Waals surface area contributed by atoms with Gasteiger partial charge in [-0.25, -0.2) is 4.98 Å². The Kier molecular flexibility index (Phi) is 4.83. The number of ether oxygens (including phenoxy) is 2. The molecule has 0 spiro atoms. The number of morpholine rings is 1. The van der Waals surface area contributed by atoms with Gasteiger partial charge in [-0.05, 0) is 19.1 Å². The molecule has 0 saturated carbocycles. The molecule has 6 nitrogen and oxygen atoms in total. The molecule has 0 aliphatic carbocycles. The molecule has 1 fully saturated rings. The first-order valence-electron chi connectivity index (χ1n) is 7.33. The van der Waals surface area contributed by atoms with Crippen LogP contribution in [0.15, 0.2) is 35.1 Å². The summed E-state index contributed by atoms with van der Waals surface area (Å²) in [6.45, 7) is 3.62. The van der Waals surface area contributed by atoms with Gasteiger partial charge in [0.1, 0.15) is 12.7 Å². The fourth-order valence-corrected chi connectivity index (χ4v) is 2.48. The molecule has 2 aromatic rings. The highest BCUT2D eigenvalue weighted by Crippen LogP contribution is 2.16. The van der Waals surface area contributed by atoms with Crippen LogP contribution in [0.3, 0.4) is 0 Å². The van der Waals surface area contributed by atoms with Gasteiger partial charge in [0.2, 0.25) is 5.88 Å². The number of amides is 1. The summed E-state index contributed by atoms with van der Waals surface area (Å²) in [4.78, 5) is 18.2. The van der Waals surface area contributed by atoms with Crippen molar-refractivity contribution in [3.05, 3.63) is 47.0 Å². The zero-order chi connectivity index (χ0) is 16.2. The van der Waals surface area contributed by atoms with E-state index >= 15 is 0 Å². The van der Waals surface area contributed by atoms with Crippen molar-refractivity contribution in [1.82, 2.24) is 9.88 Å². The van der Waals surface area contributed by atoms with Crippen molar-refractivity contribution in [1.29, 1.82) is 0 Å². The first kappa shape index (κ1) is 15.8. The van der Waals surface area contributed by atoms with E-state index in [1.807, 2.05) is 6.92 Å². The molecule has 0 bridgehead atoms.